The van der Waals surface area contributed by atoms with Crippen LogP contribution in [0.2, 0.25) is 0 Å². The Bertz CT molecular complexity index is 803. The van der Waals surface area contributed by atoms with E-state index in [0.29, 0.717) is 11.4 Å². The Kier molecular flexibility index (Phi) is 3.78. The average molecular weight is 290 g/mol. The largest absolute Gasteiger partial charge is 0.366 e. The molecule has 3 aromatic rings. The molecule has 1 heterocycles. The Labute approximate surface area is 127 Å². The van der Waals surface area contributed by atoms with Crippen molar-refractivity contribution >= 4 is 17.4 Å². The summed E-state index contributed by atoms with van der Waals surface area (Å²) < 4.78 is 0. The van der Waals surface area contributed by atoms with Gasteiger partial charge in [0.05, 0.1) is 5.69 Å². The number of hydrogen-bond donors (Lipinski definition) is 2. The maximum Gasteiger partial charge on any atom is 0.248 e. The summed E-state index contributed by atoms with van der Waals surface area (Å²) in [4.78, 5) is 19.7. The molecule has 1 amide bonds. The molecule has 0 saturated heterocycles. The molecule has 0 aliphatic heterocycles. The summed E-state index contributed by atoms with van der Waals surface area (Å²) in [5.74, 6) is 0.221. The number of nitrogens with two attached hydrogens (primary N) is 1. The van der Waals surface area contributed by atoms with E-state index in [0.717, 1.165) is 16.9 Å². The number of anilines is 2. The fourth-order valence-electron chi connectivity index (χ4n) is 2.08. The monoisotopic (exact) mass is 290 g/mol. The molecular weight excluding hydrogens is 276 g/mol. The van der Waals surface area contributed by atoms with Crippen LogP contribution in [-0.2, 0) is 0 Å². The molecule has 0 fully saturated rings. The van der Waals surface area contributed by atoms with E-state index in [1.807, 2.05) is 42.5 Å². The molecule has 0 atom stereocenters. The number of nitrogens with one attached hydrogen (secondary N) is 1. The van der Waals surface area contributed by atoms with E-state index in [1.54, 1.807) is 18.2 Å². The number of nitrogens with zero attached hydrogens (tertiary/aromatic N) is 2. The normalized spacial score (nSPS) is 10.2. The third-order valence-corrected chi connectivity index (χ3v) is 3.16. The lowest BCUT2D eigenvalue weighted by atomic mass is 10.1. The van der Waals surface area contributed by atoms with Crippen molar-refractivity contribution in [2.75, 3.05) is 5.32 Å². The molecule has 0 saturated carbocycles. The van der Waals surface area contributed by atoms with Crippen LogP contribution < -0.4 is 11.1 Å². The zero-order valence-electron chi connectivity index (χ0n) is 11.7. The molecule has 22 heavy (non-hydrogen) atoms. The molecule has 0 aliphatic rings. The lowest BCUT2D eigenvalue weighted by Gasteiger charge is -2.07. The standard InChI is InChI=1S/C17H14N4O/c18-17(22)13-6-4-5-12(9-13)15-10-16(20-11-19-15)21-14-7-2-1-3-8-14/h1-11H,(H2,18,22)(H,19,20,21). The van der Waals surface area contributed by atoms with Gasteiger partial charge in [-0.05, 0) is 24.3 Å². The maximum atomic E-state index is 11.3. The van der Waals surface area contributed by atoms with Gasteiger partial charge in [-0.2, -0.15) is 0 Å². The third kappa shape index (κ3) is 3.09. The summed E-state index contributed by atoms with van der Waals surface area (Å²) in [6.45, 7) is 0. The molecule has 2 aromatic carbocycles. The molecule has 0 radical (unpaired) electrons. The van der Waals surface area contributed by atoms with Gasteiger partial charge in [-0.1, -0.05) is 30.3 Å². The average Bonchev–Trinajstić information content (AvgIpc) is 2.56. The van der Waals surface area contributed by atoms with E-state index in [4.69, 9.17) is 5.73 Å². The molecule has 0 unspecified atom stereocenters. The van der Waals surface area contributed by atoms with Gasteiger partial charge in [0, 0.05) is 22.9 Å². The second-order valence-corrected chi connectivity index (χ2v) is 4.72. The maximum absolute atomic E-state index is 11.3. The number of carbonyl (C=O) groups is 1. The van der Waals surface area contributed by atoms with Crippen molar-refractivity contribution in [1.82, 2.24) is 9.97 Å². The summed E-state index contributed by atoms with van der Waals surface area (Å²) in [6.07, 6.45) is 1.48. The minimum atomic E-state index is -0.460. The van der Waals surface area contributed by atoms with Crippen LogP contribution in [0.4, 0.5) is 11.5 Å². The van der Waals surface area contributed by atoms with Crippen LogP contribution in [0.15, 0.2) is 67.0 Å². The predicted octanol–water partition coefficient (Wildman–Crippen LogP) is 2.99. The fraction of sp³-hybridized carbons (Fsp3) is 0. The number of amides is 1. The van der Waals surface area contributed by atoms with Crippen LogP contribution >= 0.6 is 0 Å². The fourth-order valence-corrected chi connectivity index (χ4v) is 2.08. The molecule has 3 N–H and O–H groups in total. The molecule has 5 nitrogen and oxygen atoms in total. The first-order chi connectivity index (χ1) is 10.7. The topological polar surface area (TPSA) is 80.9 Å². The van der Waals surface area contributed by atoms with Crippen molar-refractivity contribution in [3.8, 4) is 11.3 Å². The van der Waals surface area contributed by atoms with Gasteiger partial charge in [-0.25, -0.2) is 9.97 Å². The highest BCUT2D eigenvalue weighted by atomic mass is 16.1. The Morgan fingerprint density at radius 2 is 1.77 bits per heavy atom. The first-order valence-electron chi connectivity index (χ1n) is 6.77. The molecule has 108 valence electrons. The van der Waals surface area contributed by atoms with Gasteiger partial charge < -0.3 is 11.1 Å². The van der Waals surface area contributed by atoms with Crippen molar-refractivity contribution < 1.29 is 4.79 Å². The zero-order chi connectivity index (χ0) is 15.4. The predicted molar refractivity (Wildman–Crippen MR) is 85.7 cm³/mol. The second kappa shape index (κ2) is 6.05. The lowest BCUT2D eigenvalue weighted by molar-refractivity contribution is 0.100. The summed E-state index contributed by atoms with van der Waals surface area (Å²) in [5, 5.41) is 3.21. The van der Waals surface area contributed by atoms with Crippen LogP contribution in [0.3, 0.4) is 0 Å². The number of hydrogen-bond acceptors (Lipinski definition) is 4. The van der Waals surface area contributed by atoms with Crippen LogP contribution in [0.1, 0.15) is 10.4 Å². The van der Waals surface area contributed by atoms with Crippen molar-refractivity contribution in [3.05, 3.63) is 72.6 Å². The quantitative estimate of drug-likeness (QED) is 0.774. The van der Waals surface area contributed by atoms with Gasteiger partial charge in [0.15, 0.2) is 0 Å². The van der Waals surface area contributed by atoms with Crippen LogP contribution in [0.25, 0.3) is 11.3 Å². The van der Waals surface area contributed by atoms with Crippen molar-refractivity contribution in [1.29, 1.82) is 0 Å². The third-order valence-electron chi connectivity index (χ3n) is 3.16. The van der Waals surface area contributed by atoms with Crippen molar-refractivity contribution in [2.45, 2.75) is 0 Å². The minimum Gasteiger partial charge on any atom is -0.366 e. The number of rotatable bonds is 4. The molecule has 0 spiro atoms. The van der Waals surface area contributed by atoms with Gasteiger partial charge in [-0.3, -0.25) is 4.79 Å². The first-order valence-corrected chi connectivity index (χ1v) is 6.77. The van der Waals surface area contributed by atoms with Crippen LogP contribution in [0.5, 0.6) is 0 Å². The summed E-state index contributed by atoms with van der Waals surface area (Å²) in [6, 6.07) is 18.6. The highest BCUT2D eigenvalue weighted by Gasteiger charge is 2.06. The Morgan fingerprint density at radius 3 is 2.55 bits per heavy atom. The first kappa shape index (κ1) is 13.8. The Morgan fingerprint density at radius 1 is 0.955 bits per heavy atom. The number of carbonyl (C=O) groups excluding carboxylic acids is 1. The molecule has 5 heteroatoms. The van der Waals surface area contributed by atoms with Gasteiger partial charge in [-0.15, -0.1) is 0 Å². The van der Waals surface area contributed by atoms with Crippen molar-refractivity contribution in [2.24, 2.45) is 5.73 Å². The van der Waals surface area contributed by atoms with Crippen LogP contribution in [0, 0.1) is 0 Å². The SMILES string of the molecule is NC(=O)c1cccc(-c2cc(Nc3ccccc3)ncn2)c1. The number of aromatic nitrogens is 2. The van der Waals surface area contributed by atoms with E-state index in [2.05, 4.69) is 15.3 Å². The number of para-hydroxylation sites is 1. The van der Waals surface area contributed by atoms with Gasteiger partial charge in [0.2, 0.25) is 5.91 Å². The van der Waals surface area contributed by atoms with E-state index in [-0.39, 0.29) is 0 Å². The highest BCUT2D eigenvalue weighted by Crippen LogP contribution is 2.21. The molecular formula is C17H14N4O. The van der Waals surface area contributed by atoms with E-state index in [1.165, 1.54) is 6.33 Å². The summed E-state index contributed by atoms with van der Waals surface area (Å²) in [5.41, 5.74) is 8.24. The Hall–Kier alpha value is -3.21. The van der Waals surface area contributed by atoms with Crippen molar-refractivity contribution in [3.63, 3.8) is 0 Å². The van der Waals surface area contributed by atoms with Gasteiger partial charge >= 0.3 is 0 Å². The lowest BCUT2D eigenvalue weighted by Crippen LogP contribution is -2.10. The molecule has 3 rings (SSSR count). The minimum absolute atomic E-state index is 0.452. The highest BCUT2D eigenvalue weighted by molar-refractivity contribution is 5.94. The van der Waals surface area contributed by atoms with E-state index in [9.17, 15) is 4.79 Å². The zero-order valence-corrected chi connectivity index (χ0v) is 11.7. The van der Waals surface area contributed by atoms with Gasteiger partial charge in [0.1, 0.15) is 12.1 Å². The van der Waals surface area contributed by atoms with Crippen LogP contribution in [-0.4, -0.2) is 15.9 Å². The second-order valence-electron chi connectivity index (χ2n) is 4.72. The van der Waals surface area contributed by atoms with Gasteiger partial charge in [0.25, 0.3) is 0 Å². The molecule has 1 aromatic heterocycles. The molecule has 0 aliphatic carbocycles. The smallest absolute Gasteiger partial charge is 0.248 e. The summed E-state index contributed by atoms with van der Waals surface area (Å²) in [7, 11) is 0. The summed E-state index contributed by atoms with van der Waals surface area (Å²) >= 11 is 0. The molecule has 0 bridgehead atoms. The van der Waals surface area contributed by atoms with E-state index >= 15 is 0 Å². The number of primary amides is 1. The van der Waals surface area contributed by atoms with E-state index < -0.39 is 5.91 Å². The Balaban J connectivity index is 1.91. The number of benzene rings is 2.